The van der Waals surface area contributed by atoms with Crippen LogP contribution >= 0.6 is 24.2 Å². The summed E-state index contributed by atoms with van der Waals surface area (Å²) in [6.45, 7) is 3.12. The first-order chi connectivity index (χ1) is 9.22. The van der Waals surface area contributed by atoms with Crippen molar-refractivity contribution in [3.63, 3.8) is 0 Å². The molecular formula is C15H24ClNO2S. The summed E-state index contributed by atoms with van der Waals surface area (Å²) in [4.78, 5) is 10.9. The van der Waals surface area contributed by atoms with Gasteiger partial charge in [0.15, 0.2) is 5.12 Å². The fourth-order valence-electron chi connectivity index (χ4n) is 1.66. The molecule has 2 N–H and O–H groups in total. The molecule has 0 bridgehead atoms. The molecule has 3 nitrogen and oxygen atoms in total. The van der Waals surface area contributed by atoms with Crippen molar-refractivity contribution >= 4 is 29.3 Å². The van der Waals surface area contributed by atoms with E-state index in [1.54, 1.807) is 6.92 Å². The Morgan fingerprint density at radius 3 is 2.40 bits per heavy atom. The van der Waals surface area contributed by atoms with Crippen molar-refractivity contribution in [2.45, 2.75) is 38.4 Å². The predicted octanol–water partition coefficient (Wildman–Crippen LogP) is 3.79. The summed E-state index contributed by atoms with van der Waals surface area (Å²) in [7, 11) is 0. The Kier molecular flexibility index (Phi) is 11.6. The molecule has 20 heavy (non-hydrogen) atoms. The number of benzene rings is 1. The van der Waals surface area contributed by atoms with E-state index in [9.17, 15) is 4.79 Å². The lowest BCUT2D eigenvalue weighted by Gasteiger charge is -2.07. The molecule has 0 radical (unpaired) electrons. The summed E-state index contributed by atoms with van der Waals surface area (Å²) >= 11 is 1.33. The Morgan fingerprint density at radius 1 is 1.15 bits per heavy atom. The number of carbonyl (C=O) groups excluding carboxylic acids is 1. The lowest BCUT2D eigenvalue weighted by molar-refractivity contribution is -0.109. The second-order valence-electron chi connectivity index (χ2n) is 4.48. The fourth-order valence-corrected chi connectivity index (χ4v) is 2.22. The van der Waals surface area contributed by atoms with E-state index in [2.05, 4.69) is 0 Å². The molecule has 0 unspecified atom stereocenters. The number of thioether (sulfide) groups is 1. The molecular weight excluding hydrogens is 294 g/mol. The largest absolute Gasteiger partial charge is 0.494 e. The van der Waals surface area contributed by atoms with Crippen molar-refractivity contribution in [2.75, 3.05) is 13.2 Å². The highest BCUT2D eigenvalue weighted by Gasteiger charge is 1.98. The summed E-state index contributed by atoms with van der Waals surface area (Å²) < 4.78 is 5.66. The van der Waals surface area contributed by atoms with Crippen LogP contribution < -0.4 is 10.5 Å². The maximum Gasteiger partial charge on any atom is 0.186 e. The number of rotatable bonds is 9. The first-order valence-electron chi connectivity index (χ1n) is 6.77. The minimum atomic E-state index is 0. The standard InChI is InChI=1S/C15H23NO2S.ClH/c1-13(17)19-12-14-6-8-15(9-7-14)18-11-5-3-2-4-10-16;/h6-9H,2-5,10-12,16H2,1H3;1H. The molecule has 5 heteroatoms. The Morgan fingerprint density at radius 2 is 1.80 bits per heavy atom. The van der Waals surface area contributed by atoms with Crippen LogP contribution in [0.1, 0.15) is 38.2 Å². The molecule has 0 aromatic heterocycles. The van der Waals surface area contributed by atoms with Gasteiger partial charge in [-0.1, -0.05) is 36.7 Å². The van der Waals surface area contributed by atoms with E-state index in [0.717, 1.165) is 43.1 Å². The zero-order valence-electron chi connectivity index (χ0n) is 12.0. The van der Waals surface area contributed by atoms with Crippen LogP contribution in [-0.4, -0.2) is 18.3 Å². The smallest absolute Gasteiger partial charge is 0.186 e. The lowest BCUT2D eigenvalue weighted by Crippen LogP contribution is -2.00. The van der Waals surface area contributed by atoms with Crippen LogP contribution in [-0.2, 0) is 10.5 Å². The fraction of sp³-hybridized carbons (Fsp3) is 0.533. The Hall–Kier alpha value is -0.710. The predicted molar refractivity (Wildman–Crippen MR) is 88.7 cm³/mol. The van der Waals surface area contributed by atoms with E-state index in [-0.39, 0.29) is 17.5 Å². The van der Waals surface area contributed by atoms with Gasteiger partial charge in [-0.05, 0) is 37.1 Å². The summed E-state index contributed by atoms with van der Waals surface area (Å²) in [6, 6.07) is 7.96. The van der Waals surface area contributed by atoms with E-state index in [0.29, 0.717) is 0 Å². The second kappa shape index (κ2) is 12.1. The molecule has 0 aliphatic rings. The SMILES string of the molecule is CC(=O)SCc1ccc(OCCCCCCN)cc1.Cl. The Labute approximate surface area is 132 Å². The van der Waals surface area contributed by atoms with Crippen molar-refractivity contribution in [3.8, 4) is 5.75 Å². The van der Waals surface area contributed by atoms with Gasteiger partial charge in [-0.15, -0.1) is 12.4 Å². The Bertz CT molecular complexity index is 371. The maximum absolute atomic E-state index is 10.9. The number of carbonyl (C=O) groups is 1. The topological polar surface area (TPSA) is 52.3 Å². The van der Waals surface area contributed by atoms with Gasteiger partial charge >= 0.3 is 0 Å². The van der Waals surface area contributed by atoms with Gasteiger partial charge in [-0.3, -0.25) is 4.79 Å². The van der Waals surface area contributed by atoms with Crippen molar-refractivity contribution in [1.29, 1.82) is 0 Å². The molecule has 0 saturated heterocycles. The van der Waals surface area contributed by atoms with Crippen LogP contribution in [0.4, 0.5) is 0 Å². The number of hydrogen-bond acceptors (Lipinski definition) is 4. The molecule has 1 rings (SSSR count). The molecule has 0 saturated carbocycles. The van der Waals surface area contributed by atoms with Crippen LogP contribution in [0.3, 0.4) is 0 Å². The van der Waals surface area contributed by atoms with Crippen LogP contribution in [0.25, 0.3) is 0 Å². The van der Waals surface area contributed by atoms with Crippen molar-refractivity contribution in [1.82, 2.24) is 0 Å². The molecule has 0 amide bonds. The number of unbranched alkanes of at least 4 members (excludes halogenated alkanes) is 3. The summed E-state index contributed by atoms with van der Waals surface area (Å²) in [5.74, 6) is 1.63. The zero-order chi connectivity index (χ0) is 13.9. The normalized spacial score (nSPS) is 9.90. The first kappa shape index (κ1) is 19.3. The third kappa shape index (κ3) is 9.23. The number of halogens is 1. The van der Waals surface area contributed by atoms with Gasteiger partial charge in [0, 0.05) is 12.7 Å². The number of nitrogens with two attached hydrogens (primary N) is 1. The summed E-state index contributed by atoms with van der Waals surface area (Å²) in [6.07, 6.45) is 4.52. The highest BCUT2D eigenvalue weighted by Crippen LogP contribution is 2.17. The van der Waals surface area contributed by atoms with Gasteiger partial charge in [-0.2, -0.15) is 0 Å². The van der Waals surface area contributed by atoms with Gasteiger partial charge in [0.1, 0.15) is 5.75 Å². The average Bonchev–Trinajstić information content (AvgIpc) is 2.41. The number of ether oxygens (including phenoxy) is 1. The molecule has 1 aromatic rings. The summed E-state index contributed by atoms with van der Waals surface area (Å²) in [5.41, 5.74) is 6.59. The van der Waals surface area contributed by atoms with E-state index in [1.807, 2.05) is 24.3 Å². The van der Waals surface area contributed by atoms with Crippen molar-refractivity contribution < 1.29 is 9.53 Å². The van der Waals surface area contributed by atoms with Crippen molar-refractivity contribution in [3.05, 3.63) is 29.8 Å². The molecule has 0 aliphatic carbocycles. The third-order valence-electron chi connectivity index (χ3n) is 2.73. The van der Waals surface area contributed by atoms with E-state index < -0.39 is 0 Å². The highest BCUT2D eigenvalue weighted by molar-refractivity contribution is 8.12. The van der Waals surface area contributed by atoms with Gasteiger partial charge in [0.25, 0.3) is 0 Å². The third-order valence-corrected chi connectivity index (χ3v) is 3.62. The van der Waals surface area contributed by atoms with Crippen LogP contribution in [0.2, 0.25) is 0 Å². The molecule has 0 heterocycles. The quantitative estimate of drug-likeness (QED) is 0.704. The second-order valence-corrected chi connectivity index (χ2v) is 5.63. The zero-order valence-corrected chi connectivity index (χ0v) is 13.6. The average molecular weight is 318 g/mol. The molecule has 0 fully saturated rings. The maximum atomic E-state index is 10.9. The van der Waals surface area contributed by atoms with Crippen LogP contribution in [0, 0.1) is 0 Å². The minimum absolute atomic E-state index is 0. The lowest BCUT2D eigenvalue weighted by atomic mass is 10.2. The van der Waals surface area contributed by atoms with Crippen molar-refractivity contribution in [2.24, 2.45) is 5.73 Å². The van der Waals surface area contributed by atoms with Gasteiger partial charge in [-0.25, -0.2) is 0 Å². The van der Waals surface area contributed by atoms with E-state index in [4.69, 9.17) is 10.5 Å². The van der Waals surface area contributed by atoms with Crippen LogP contribution in [0.5, 0.6) is 5.75 Å². The van der Waals surface area contributed by atoms with Gasteiger partial charge < -0.3 is 10.5 Å². The monoisotopic (exact) mass is 317 g/mol. The Balaban J connectivity index is 0.00000361. The molecule has 0 spiro atoms. The van der Waals surface area contributed by atoms with Crippen LogP contribution in [0.15, 0.2) is 24.3 Å². The minimum Gasteiger partial charge on any atom is -0.494 e. The van der Waals surface area contributed by atoms with Gasteiger partial charge in [0.2, 0.25) is 0 Å². The summed E-state index contributed by atoms with van der Waals surface area (Å²) in [5, 5.41) is 0.151. The highest BCUT2D eigenvalue weighted by atomic mass is 35.5. The van der Waals surface area contributed by atoms with E-state index in [1.165, 1.54) is 24.6 Å². The molecule has 114 valence electrons. The molecule has 1 aromatic carbocycles. The molecule has 0 aliphatic heterocycles. The molecule has 0 atom stereocenters. The van der Waals surface area contributed by atoms with E-state index >= 15 is 0 Å². The first-order valence-corrected chi connectivity index (χ1v) is 7.76. The number of hydrogen-bond donors (Lipinski definition) is 1. The van der Waals surface area contributed by atoms with Gasteiger partial charge in [0.05, 0.1) is 6.61 Å².